The lowest BCUT2D eigenvalue weighted by Crippen LogP contribution is -2.32. The summed E-state index contributed by atoms with van der Waals surface area (Å²) in [4.78, 5) is 16.7. The maximum Gasteiger partial charge on any atom is 0.442 e. The number of aliphatic imine (C=N–C) groups is 1. The van der Waals surface area contributed by atoms with E-state index in [0.717, 1.165) is 46.9 Å². The van der Waals surface area contributed by atoms with Crippen LogP contribution in [0.1, 0.15) is 60.3 Å². The van der Waals surface area contributed by atoms with Crippen LogP contribution < -0.4 is 26.8 Å². The molecular formula is C30H36ClF2N11O7S3. The number of halogens is 3. The van der Waals surface area contributed by atoms with Crippen LogP contribution in [0.15, 0.2) is 70.0 Å². The molecule has 7 N–H and O–H groups in total. The first-order valence-electron chi connectivity index (χ1n) is 15.6. The van der Waals surface area contributed by atoms with Gasteiger partial charge in [-0.05, 0) is 92.8 Å². The molecule has 0 amide bonds. The van der Waals surface area contributed by atoms with E-state index >= 15 is 0 Å². The summed E-state index contributed by atoms with van der Waals surface area (Å²) in [5.41, 5.74) is 11.5. The molecule has 0 spiro atoms. The average molecular weight is 832 g/mol. The fourth-order valence-corrected chi connectivity index (χ4v) is 7.74. The molecule has 0 bridgehead atoms. The molecule has 0 saturated heterocycles. The van der Waals surface area contributed by atoms with Gasteiger partial charge in [-0.1, -0.05) is 48.2 Å². The van der Waals surface area contributed by atoms with E-state index in [4.69, 9.17) is 24.7 Å². The molecule has 2 aromatic carbocycles. The highest BCUT2D eigenvalue weighted by Gasteiger charge is 2.32. The molecule has 24 heteroatoms. The second kappa shape index (κ2) is 18.9. The molecule has 0 aliphatic heterocycles. The summed E-state index contributed by atoms with van der Waals surface area (Å²) < 4.78 is 66.8. The lowest BCUT2D eigenvalue weighted by atomic mass is 10.1. The molecular weight excluding hydrogens is 796 g/mol. The minimum absolute atomic E-state index is 0. The number of nitrogens with one attached hydrogen (secondary N) is 2. The Labute approximate surface area is 321 Å². The van der Waals surface area contributed by atoms with E-state index in [2.05, 4.69) is 35.5 Å². The molecule has 2 aliphatic carbocycles. The van der Waals surface area contributed by atoms with Gasteiger partial charge in [-0.2, -0.15) is 8.42 Å². The summed E-state index contributed by atoms with van der Waals surface area (Å²) in [5.74, 6) is -0.174. The van der Waals surface area contributed by atoms with Crippen molar-refractivity contribution in [1.82, 2.24) is 40.6 Å². The van der Waals surface area contributed by atoms with Crippen molar-refractivity contribution in [3.8, 4) is 11.5 Å². The maximum absolute atomic E-state index is 13.7. The van der Waals surface area contributed by atoms with E-state index in [-0.39, 0.29) is 67.5 Å². The molecule has 54 heavy (non-hydrogen) atoms. The number of hydrogen-bond donors (Lipinski definition) is 5. The Balaban J connectivity index is 0.000000233. The van der Waals surface area contributed by atoms with E-state index in [1.807, 2.05) is 5.48 Å². The number of amidine groups is 1. The van der Waals surface area contributed by atoms with Gasteiger partial charge in [-0.15, -0.1) is 12.4 Å². The van der Waals surface area contributed by atoms with Gasteiger partial charge in [0.25, 0.3) is 10.2 Å². The van der Waals surface area contributed by atoms with Crippen LogP contribution in [0, 0.1) is 11.6 Å². The Morgan fingerprint density at radius 2 is 1.61 bits per heavy atom. The number of hydroxylamine groups is 1. The van der Waals surface area contributed by atoms with Gasteiger partial charge < -0.3 is 5.73 Å². The number of fused-ring (bicyclic) bond motifs is 2. The fourth-order valence-electron chi connectivity index (χ4n) is 5.81. The van der Waals surface area contributed by atoms with Crippen molar-refractivity contribution >= 4 is 52.0 Å². The van der Waals surface area contributed by atoms with Crippen molar-refractivity contribution < 1.29 is 36.2 Å². The van der Waals surface area contributed by atoms with Gasteiger partial charge in [0.1, 0.15) is 11.6 Å². The van der Waals surface area contributed by atoms with Crippen LogP contribution in [0.4, 0.5) is 8.78 Å². The normalized spacial score (nSPS) is 16.1. The quantitative estimate of drug-likeness (QED) is 0.0397. The van der Waals surface area contributed by atoms with Crippen molar-refractivity contribution in [2.45, 2.75) is 55.2 Å². The topological polar surface area (TPSA) is 269 Å². The third-order valence-corrected chi connectivity index (χ3v) is 10.5. The molecule has 18 nitrogen and oxygen atoms in total. The van der Waals surface area contributed by atoms with Crippen LogP contribution in [-0.2, 0) is 23.1 Å². The van der Waals surface area contributed by atoms with Crippen LogP contribution >= 0.6 is 35.9 Å². The molecule has 292 valence electrons. The second-order valence-corrected chi connectivity index (χ2v) is 14.8. The molecule has 3 aromatic heterocycles. The monoisotopic (exact) mass is 831 g/mol. The number of benzene rings is 2. The zero-order valence-electron chi connectivity index (χ0n) is 27.3. The van der Waals surface area contributed by atoms with Gasteiger partial charge in [-0.3, -0.25) is 20.2 Å². The van der Waals surface area contributed by atoms with Crippen LogP contribution in [0.3, 0.4) is 0 Å². The third-order valence-electron chi connectivity index (χ3n) is 8.00. The molecule has 2 atom stereocenters. The van der Waals surface area contributed by atoms with Crippen LogP contribution in [0.2, 0.25) is 0 Å². The fraction of sp³-hybridized carbons (Fsp3) is 0.367. The number of nitrogens with zero attached hydrogens (tertiary/aromatic N) is 7. The summed E-state index contributed by atoms with van der Waals surface area (Å²) in [7, 11) is -3.77. The highest BCUT2D eigenvalue weighted by molar-refractivity contribution is 7.99. The number of aryl methyl sites for hydroxylation is 2. The molecule has 2 unspecified atom stereocenters. The van der Waals surface area contributed by atoms with Crippen molar-refractivity contribution in [2.75, 3.05) is 24.6 Å². The Morgan fingerprint density at radius 1 is 0.963 bits per heavy atom. The van der Waals surface area contributed by atoms with Crippen molar-refractivity contribution in [3.05, 3.63) is 86.5 Å². The zero-order chi connectivity index (χ0) is 36.8. The number of thioether (sulfide) groups is 2. The number of rotatable bonds is 12. The molecule has 3 heterocycles. The van der Waals surface area contributed by atoms with Gasteiger partial charge in [0.05, 0.1) is 12.1 Å². The van der Waals surface area contributed by atoms with E-state index < -0.39 is 16.0 Å². The van der Waals surface area contributed by atoms with E-state index in [1.165, 1.54) is 40.6 Å². The summed E-state index contributed by atoms with van der Waals surface area (Å²) >= 11 is 2.49. The Hall–Kier alpha value is -4.23. The van der Waals surface area contributed by atoms with Crippen molar-refractivity contribution in [1.29, 1.82) is 0 Å². The standard InChI is InChI=1S/C15H14FN5O3S.C14H17FN6O4S2.CH4.ClH/c16-9-3-1-8-2-4-11(10(8)7-9)21-13(19-23-15(21)22)12-14(20-24-18-12)25-6-5-17;15-9-3-1-8-2-4-11(10(8)7-9)18-13(19-22)12-14(21-25-20-12)26-6-5-17-27(16,23)24;;/h1,3,7,11H,2,4-6,17H2;1,3,7,11,17,22H,2,4-6H2,(H,18,19)(H2,16,23,24);1H4;1H. The van der Waals surface area contributed by atoms with Gasteiger partial charge >= 0.3 is 5.76 Å². The lowest BCUT2D eigenvalue weighted by molar-refractivity contribution is 0.233. The summed E-state index contributed by atoms with van der Waals surface area (Å²) in [6, 6.07) is 8.45. The highest BCUT2D eigenvalue weighted by atomic mass is 35.5. The molecule has 0 radical (unpaired) electrons. The summed E-state index contributed by atoms with van der Waals surface area (Å²) in [6.07, 6.45) is 2.79. The first-order valence-corrected chi connectivity index (χ1v) is 19.1. The predicted molar refractivity (Wildman–Crippen MR) is 196 cm³/mol. The number of aromatic nitrogens is 6. The second-order valence-electron chi connectivity index (χ2n) is 11.3. The van der Waals surface area contributed by atoms with Gasteiger partial charge in [0.2, 0.25) is 5.82 Å². The molecule has 7 rings (SSSR count). The first-order chi connectivity index (χ1) is 25.1. The molecule has 2 aliphatic rings. The molecule has 0 fully saturated rings. The number of hydrogen-bond acceptors (Lipinski definition) is 16. The predicted octanol–water partition coefficient (Wildman–Crippen LogP) is 3.18. The van der Waals surface area contributed by atoms with Crippen molar-refractivity contribution in [3.63, 3.8) is 0 Å². The smallest absolute Gasteiger partial charge is 0.330 e. The zero-order valence-corrected chi connectivity index (χ0v) is 30.6. The Morgan fingerprint density at radius 3 is 2.31 bits per heavy atom. The average Bonchev–Trinajstić information content (AvgIpc) is 3.96. The number of nitrogens with two attached hydrogens (primary N) is 2. The summed E-state index contributed by atoms with van der Waals surface area (Å²) in [6.45, 7) is 0.530. The molecule has 0 saturated carbocycles. The van der Waals surface area contributed by atoms with Crippen LogP contribution in [-0.4, -0.2) is 74.4 Å². The Kier molecular flexibility index (Phi) is 14.9. The van der Waals surface area contributed by atoms with Gasteiger partial charge in [0.15, 0.2) is 27.3 Å². The summed E-state index contributed by atoms with van der Waals surface area (Å²) in [5, 5.41) is 34.1. The lowest BCUT2D eigenvalue weighted by Gasteiger charge is -2.13. The highest BCUT2D eigenvalue weighted by Crippen LogP contribution is 2.38. The van der Waals surface area contributed by atoms with E-state index in [9.17, 15) is 27.2 Å². The van der Waals surface area contributed by atoms with Gasteiger partial charge in [-0.25, -0.2) is 37.3 Å². The van der Waals surface area contributed by atoms with Crippen LogP contribution in [0.5, 0.6) is 0 Å². The van der Waals surface area contributed by atoms with Gasteiger partial charge in [0, 0.05) is 24.6 Å². The minimum Gasteiger partial charge on any atom is -0.330 e. The van der Waals surface area contributed by atoms with E-state index in [1.54, 1.807) is 12.1 Å². The van der Waals surface area contributed by atoms with Crippen molar-refractivity contribution in [2.24, 2.45) is 15.9 Å². The first kappa shape index (κ1) is 42.5. The SMILES string of the molecule is C.Cl.NCCSc1nonc1-c1noc(=O)n1C1CCc2ccc(F)cc21.NS(=O)(=O)NCCSc1nonc1C(=NC1CCc2ccc(F)cc21)NO. The largest absolute Gasteiger partial charge is 0.442 e. The maximum atomic E-state index is 13.7. The Bertz CT molecular complexity index is 2230. The van der Waals surface area contributed by atoms with Crippen LogP contribution in [0.25, 0.3) is 11.5 Å². The third kappa shape index (κ3) is 9.89. The molecule has 5 aromatic rings. The minimum atomic E-state index is -3.77. The van der Waals surface area contributed by atoms with E-state index in [0.29, 0.717) is 46.6 Å².